The first kappa shape index (κ1) is 25.2. The fourth-order valence-corrected chi connectivity index (χ4v) is 4.13. The first-order valence-electron chi connectivity index (χ1n) is 12.0. The summed E-state index contributed by atoms with van der Waals surface area (Å²) in [6, 6.07) is 19.9. The minimum atomic E-state index is -0.471. The summed E-state index contributed by atoms with van der Waals surface area (Å²) >= 11 is 0. The molecular weight excluding hydrogens is 424 g/mol. The molecule has 3 aromatic carbocycles. The van der Waals surface area contributed by atoms with Crippen LogP contribution in [0.1, 0.15) is 84.4 Å². The molecule has 0 aliphatic carbocycles. The normalized spacial score (nSPS) is 11.0. The van der Waals surface area contributed by atoms with Crippen LogP contribution in [0.25, 0.3) is 0 Å². The van der Waals surface area contributed by atoms with Gasteiger partial charge in [-0.3, -0.25) is 0 Å². The molecule has 0 saturated heterocycles. The Morgan fingerprint density at radius 3 is 1.68 bits per heavy atom. The number of benzene rings is 3. The van der Waals surface area contributed by atoms with Gasteiger partial charge in [0.2, 0.25) is 0 Å². The van der Waals surface area contributed by atoms with Crippen molar-refractivity contribution in [2.24, 2.45) is 5.92 Å². The van der Waals surface area contributed by atoms with Gasteiger partial charge in [-0.25, -0.2) is 9.59 Å². The molecule has 0 unspecified atom stereocenters. The van der Waals surface area contributed by atoms with Crippen molar-refractivity contribution in [2.75, 3.05) is 0 Å². The van der Waals surface area contributed by atoms with Crippen LogP contribution in [-0.2, 0) is 12.8 Å². The molecule has 0 radical (unpaired) electrons. The highest BCUT2D eigenvalue weighted by Gasteiger charge is 2.27. The van der Waals surface area contributed by atoms with Gasteiger partial charge in [-0.15, -0.1) is 0 Å². The fraction of sp³-hybridized carbons (Fsp3) is 0.333. The zero-order chi connectivity index (χ0) is 24.7. The summed E-state index contributed by atoms with van der Waals surface area (Å²) < 4.78 is 12.0. The van der Waals surface area contributed by atoms with Gasteiger partial charge in [0.15, 0.2) is 11.5 Å². The number of hydrogen-bond acceptors (Lipinski definition) is 4. The Morgan fingerprint density at radius 1 is 0.735 bits per heavy atom. The molecule has 3 aromatic rings. The average molecular weight is 459 g/mol. The average Bonchev–Trinajstić information content (AvgIpc) is 2.81. The molecule has 0 aliphatic rings. The van der Waals surface area contributed by atoms with E-state index in [0.717, 1.165) is 29.5 Å². The standard InChI is InChI=1S/C30H34O4/c1-6-13-24-19-25(18-20(2)3)26(21(4)5)28(34-30(32)23-16-11-8-12-17-23)27(24)33-29(31)22-14-9-7-10-15-22/h7-12,14-17,19-21H,6,13,18H2,1-5H3. The maximum Gasteiger partial charge on any atom is 0.343 e. The quantitative estimate of drug-likeness (QED) is 0.248. The number of carbonyl (C=O) groups excluding carboxylic acids is 2. The summed E-state index contributed by atoms with van der Waals surface area (Å²) in [4.78, 5) is 26.2. The van der Waals surface area contributed by atoms with Crippen LogP contribution in [0.3, 0.4) is 0 Å². The number of rotatable bonds is 9. The van der Waals surface area contributed by atoms with Gasteiger partial charge in [0, 0.05) is 5.56 Å². The number of ether oxygens (including phenoxy) is 2. The van der Waals surface area contributed by atoms with Crippen LogP contribution in [0.15, 0.2) is 66.7 Å². The predicted octanol–water partition coefficient (Wildman–Crippen LogP) is 7.40. The van der Waals surface area contributed by atoms with Gasteiger partial charge in [-0.1, -0.05) is 83.5 Å². The molecule has 0 fully saturated rings. The van der Waals surface area contributed by atoms with Crippen molar-refractivity contribution < 1.29 is 19.1 Å². The molecule has 0 atom stereocenters. The third kappa shape index (κ3) is 6.13. The number of esters is 2. The van der Waals surface area contributed by atoms with Gasteiger partial charge < -0.3 is 9.47 Å². The Bertz CT molecular complexity index is 1120. The van der Waals surface area contributed by atoms with Crippen molar-refractivity contribution in [1.29, 1.82) is 0 Å². The van der Waals surface area contributed by atoms with E-state index in [4.69, 9.17) is 9.47 Å². The Morgan fingerprint density at radius 2 is 1.24 bits per heavy atom. The van der Waals surface area contributed by atoms with E-state index in [-0.39, 0.29) is 5.92 Å². The highest BCUT2D eigenvalue weighted by Crippen LogP contribution is 2.43. The highest BCUT2D eigenvalue weighted by atomic mass is 16.6. The van der Waals surface area contributed by atoms with E-state index in [1.807, 2.05) is 12.1 Å². The number of aryl methyl sites for hydroxylation is 1. The smallest absolute Gasteiger partial charge is 0.343 e. The van der Waals surface area contributed by atoms with Crippen LogP contribution < -0.4 is 9.47 Å². The minimum absolute atomic E-state index is 0.0668. The van der Waals surface area contributed by atoms with E-state index in [2.05, 4.69) is 40.7 Å². The van der Waals surface area contributed by atoms with Crippen LogP contribution in [-0.4, -0.2) is 11.9 Å². The van der Waals surface area contributed by atoms with E-state index < -0.39 is 11.9 Å². The van der Waals surface area contributed by atoms with E-state index in [1.54, 1.807) is 48.5 Å². The summed E-state index contributed by atoms with van der Waals surface area (Å²) in [5, 5.41) is 0. The molecule has 0 spiro atoms. The van der Waals surface area contributed by atoms with E-state index in [1.165, 1.54) is 0 Å². The third-order valence-electron chi connectivity index (χ3n) is 5.57. The van der Waals surface area contributed by atoms with Crippen LogP contribution in [0, 0.1) is 5.92 Å². The topological polar surface area (TPSA) is 52.6 Å². The second-order valence-electron chi connectivity index (χ2n) is 9.28. The summed E-state index contributed by atoms with van der Waals surface area (Å²) in [5.74, 6) is 0.246. The lowest BCUT2D eigenvalue weighted by atomic mass is 9.88. The lowest BCUT2D eigenvalue weighted by Crippen LogP contribution is -2.17. The molecule has 0 heterocycles. The van der Waals surface area contributed by atoms with Gasteiger partial charge in [0.1, 0.15) is 0 Å². The summed E-state index contributed by atoms with van der Waals surface area (Å²) in [6.45, 7) is 10.6. The maximum absolute atomic E-state index is 13.1. The molecule has 0 aromatic heterocycles. The Balaban J connectivity index is 2.19. The molecule has 4 heteroatoms. The second-order valence-corrected chi connectivity index (χ2v) is 9.28. The molecule has 34 heavy (non-hydrogen) atoms. The Labute approximate surface area is 202 Å². The van der Waals surface area contributed by atoms with Gasteiger partial charge in [-0.05, 0) is 60.1 Å². The monoisotopic (exact) mass is 458 g/mol. The minimum Gasteiger partial charge on any atom is -0.419 e. The summed E-state index contributed by atoms with van der Waals surface area (Å²) in [5.41, 5.74) is 3.81. The van der Waals surface area contributed by atoms with Crippen LogP contribution in [0.5, 0.6) is 11.5 Å². The van der Waals surface area contributed by atoms with Crippen LogP contribution in [0.4, 0.5) is 0 Å². The van der Waals surface area contributed by atoms with Crippen molar-refractivity contribution in [3.05, 3.63) is 94.5 Å². The van der Waals surface area contributed by atoms with Crippen molar-refractivity contribution in [2.45, 2.75) is 59.8 Å². The molecular formula is C30H34O4. The lowest BCUT2D eigenvalue weighted by molar-refractivity contribution is 0.0679. The van der Waals surface area contributed by atoms with E-state index in [9.17, 15) is 9.59 Å². The molecule has 0 N–H and O–H groups in total. The van der Waals surface area contributed by atoms with Crippen molar-refractivity contribution in [1.82, 2.24) is 0 Å². The van der Waals surface area contributed by atoms with E-state index in [0.29, 0.717) is 35.0 Å². The van der Waals surface area contributed by atoms with Crippen molar-refractivity contribution >= 4 is 11.9 Å². The van der Waals surface area contributed by atoms with Crippen LogP contribution >= 0.6 is 0 Å². The van der Waals surface area contributed by atoms with Gasteiger partial charge in [0.25, 0.3) is 0 Å². The molecule has 3 rings (SSSR count). The SMILES string of the molecule is CCCc1cc(CC(C)C)c(C(C)C)c(OC(=O)c2ccccc2)c1OC(=O)c1ccccc1. The second kappa shape index (κ2) is 11.6. The Kier molecular flexibility index (Phi) is 8.64. The highest BCUT2D eigenvalue weighted by molar-refractivity contribution is 5.93. The van der Waals surface area contributed by atoms with Gasteiger partial charge >= 0.3 is 11.9 Å². The molecule has 4 nitrogen and oxygen atoms in total. The summed E-state index contributed by atoms with van der Waals surface area (Å²) in [6.07, 6.45) is 2.41. The molecule has 0 amide bonds. The molecule has 0 bridgehead atoms. The predicted molar refractivity (Wildman–Crippen MR) is 136 cm³/mol. The Hall–Kier alpha value is -3.40. The first-order valence-corrected chi connectivity index (χ1v) is 12.0. The third-order valence-corrected chi connectivity index (χ3v) is 5.57. The zero-order valence-corrected chi connectivity index (χ0v) is 20.8. The molecule has 0 aliphatic heterocycles. The number of carbonyl (C=O) groups is 2. The molecule has 0 saturated carbocycles. The largest absolute Gasteiger partial charge is 0.419 e. The number of hydrogen-bond donors (Lipinski definition) is 0. The van der Waals surface area contributed by atoms with Gasteiger partial charge in [0.05, 0.1) is 11.1 Å². The molecule has 178 valence electrons. The summed E-state index contributed by atoms with van der Waals surface area (Å²) in [7, 11) is 0. The van der Waals surface area contributed by atoms with Crippen LogP contribution in [0.2, 0.25) is 0 Å². The zero-order valence-electron chi connectivity index (χ0n) is 20.8. The fourth-order valence-electron chi connectivity index (χ4n) is 4.13. The lowest BCUT2D eigenvalue weighted by Gasteiger charge is -2.24. The first-order chi connectivity index (χ1) is 16.3. The van der Waals surface area contributed by atoms with E-state index >= 15 is 0 Å². The maximum atomic E-state index is 13.1. The van der Waals surface area contributed by atoms with Crippen molar-refractivity contribution in [3.63, 3.8) is 0 Å². The van der Waals surface area contributed by atoms with Gasteiger partial charge in [-0.2, -0.15) is 0 Å². The van der Waals surface area contributed by atoms with Crippen molar-refractivity contribution in [3.8, 4) is 11.5 Å².